The molecule has 9 nitrogen and oxygen atoms in total. The molecule has 0 unspecified atom stereocenters. The van der Waals surface area contributed by atoms with Crippen molar-refractivity contribution in [2.75, 3.05) is 5.32 Å². The van der Waals surface area contributed by atoms with Gasteiger partial charge in [-0.05, 0) is 19.1 Å². The van der Waals surface area contributed by atoms with Crippen molar-refractivity contribution in [3.63, 3.8) is 0 Å². The van der Waals surface area contributed by atoms with Crippen molar-refractivity contribution in [3.05, 3.63) is 42.2 Å². The maximum atomic E-state index is 12.0. The summed E-state index contributed by atoms with van der Waals surface area (Å²) in [5.41, 5.74) is 1.47. The molecule has 0 atom stereocenters. The summed E-state index contributed by atoms with van der Waals surface area (Å²) in [7, 11) is 1.82. The van der Waals surface area contributed by atoms with E-state index in [-0.39, 0.29) is 6.03 Å². The number of aryl methyl sites for hydroxylation is 2. The molecule has 0 saturated heterocycles. The number of anilines is 1. The highest BCUT2D eigenvalue weighted by atomic mass is 16.2. The van der Waals surface area contributed by atoms with E-state index in [1.54, 1.807) is 17.0 Å². The number of aromatic nitrogens is 6. The minimum absolute atomic E-state index is 0.294. The van der Waals surface area contributed by atoms with Crippen LogP contribution in [0, 0.1) is 6.92 Å². The molecule has 0 aliphatic carbocycles. The van der Waals surface area contributed by atoms with Gasteiger partial charge in [-0.1, -0.05) is 12.1 Å². The number of aromatic amines is 1. The Hall–Kier alpha value is -3.23. The lowest BCUT2D eigenvalue weighted by atomic mass is 10.2. The smallest absolute Gasteiger partial charge is 0.319 e. The average Bonchev–Trinajstić information content (AvgIpc) is 3.14. The van der Waals surface area contributed by atoms with Gasteiger partial charge < -0.3 is 15.2 Å². The molecular weight excluding hydrogens is 296 g/mol. The quantitative estimate of drug-likeness (QED) is 0.670. The molecule has 0 aliphatic heterocycles. The Morgan fingerprint density at radius 3 is 2.96 bits per heavy atom. The average molecular weight is 312 g/mol. The minimum Gasteiger partial charge on any atom is -0.331 e. The Morgan fingerprint density at radius 1 is 1.39 bits per heavy atom. The Balaban J connectivity index is 1.63. The van der Waals surface area contributed by atoms with Crippen molar-refractivity contribution in [1.82, 2.24) is 35.3 Å². The van der Waals surface area contributed by atoms with Gasteiger partial charge in [-0.2, -0.15) is 5.10 Å². The van der Waals surface area contributed by atoms with Crippen LogP contribution in [0.5, 0.6) is 0 Å². The summed E-state index contributed by atoms with van der Waals surface area (Å²) in [5.74, 6) is 2.00. The summed E-state index contributed by atoms with van der Waals surface area (Å²) in [6.45, 7) is 2.13. The molecule has 118 valence electrons. The molecule has 1 aromatic carbocycles. The Morgan fingerprint density at radius 2 is 2.26 bits per heavy atom. The van der Waals surface area contributed by atoms with Crippen molar-refractivity contribution in [2.24, 2.45) is 7.05 Å². The fourth-order valence-electron chi connectivity index (χ4n) is 2.01. The number of carbonyl (C=O) groups excluding carboxylic acids is 1. The highest BCUT2D eigenvalue weighted by molar-refractivity contribution is 5.89. The molecule has 0 spiro atoms. The first-order chi connectivity index (χ1) is 11.1. The van der Waals surface area contributed by atoms with Crippen LogP contribution in [0.25, 0.3) is 11.4 Å². The van der Waals surface area contributed by atoms with Gasteiger partial charge >= 0.3 is 6.03 Å². The van der Waals surface area contributed by atoms with Gasteiger partial charge in [-0.3, -0.25) is 5.10 Å². The van der Waals surface area contributed by atoms with Crippen LogP contribution in [-0.4, -0.2) is 36.0 Å². The van der Waals surface area contributed by atoms with Gasteiger partial charge in [0.1, 0.15) is 12.2 Å². The molecular formula is C14H16N8O. The van der Waals surface area contributed by atoms with Gasteiger partial charge in [0.05, 0.1) is 6.54 Å². The van der Waals surface area contributed by atoms with Crippen molar-refractivity contribution < 1.29 is 4.79 Å². The summed E-state index contributed by atoms with van der Waals surface area (Å²) in [6.07, 6.45) is 1.58. The zero-order valence-electron chi connectivity index (χ0n) is 12.7. The van der Waals surface area contributed by atoms with Crippen LogP contribution >= 0.6 is 0 Å². The minimum atomic E-state index is -0.323. The number of benzene rings is 1. The van der Waals surface area contributed by atoms with Crippen molar-refractivity contribution in [1.29, 1.82) is 0 Å². The van der Waals surface area contributed by atoms with Crippen molar-refractivity contribution >= 4 is 11.7 Å². The maximum absolute atomic E-state index is 12.0. The third-order valence-electron chi connectivity index (χ3n) is 3.19. The number of amides is 2. The van der Waals surface area contributed by atoms with Gasteiger partial charge in [-0.25, -0.2) is 9.78 Å². The SMILES string of the molecule is Cc1nc(-c2cccc(NC(=O)NCc3nncn3C)c2)n[nH]1. The predicted molar refractivity (Wildman–Crippen MR) is 83.4 cm³/mol. The summed E-state index contributed by atoms with van der Waals surface area (Å²) in [6, 6.07) is 7.00. The fourth-order valence-corrected chi connectivity index (χ4v) is 2.01. The molecule has 2 heterocycles. The van der Waals surface area contributed by atoms with Gasteiger partial charge in [0.25, 0.3) is 0 Å². The molecule has 23 heavy (non-hydrogen) atoms. The van der Waals surface area contributed by atoms with E-state index in [1.807, 2.05) is 32.2 Å². The molecule has 2 aromatic heterocycles. The molecule has 0 radical (unpaired) electrons. The maximum Gasteiger partial charge on any atom is 0.319 e. The van der Waals surface area contributed by atoms with E-state index >= 15 is 0 Å². The second kappa shape index (κ2) is 6.26. The summed E-state index contributed by atoms with van der Waals surface area (Å²) >= 11 is 0. The van der Waals surface area contributed by atoms with E-state index in [4.69, 9.17) is 0 Å². The summed E-state index contributed by atoms with van der Waals surface area (Å²) in [4.78, 5) is 16.2. The number of hydrogen-bond donors (Lipinski definition) is 3. The molecule has 2 amide bonds. The van der Waals surface area contributed by atoms with Crippen LogP contribution in [-0.2, 0) is 13.6 Å². The van der Waals surface area contributed by atoms with Gasteiger partial charge in [0.15, 0.2) is 11.6 Å². The molecule has 0 bridgehead atoms. The lowest BCUT2D eigenvalue weighted by Crippen LogP contribution is -2.29. The first-order valence-corrected chi connectivity index (χ1v) is 6.99. The van der Waals surface area contributed by atoms with Crippen molar-refractivity contribution in [2.45, 2.75) is 13.5 Å². The first-order valence-electron chi connectivity index (χ1n) is 6.99. The lowest BCUT2D eigenvalue weighted by Gasteiger charge is -2.08. The molecule has 3 rings (SSSR count). The number of hydrogen-bond acceptors (Lipinski definition) is 5. The normalized spacial score (nSPS) is 10.5. The van der Waals surface area contributed by atoms with Crippen molar-refractivity contribution in [3.8, 4) is 11.4 Å². The Bertz CT molecular complexity index is 822. The van der Waals surface area contributed by atoms with Crippen LogP contribution in [0.4, 0.5) is 10.5 Å². The standard InChI is InChI=1S/C14H16N8O/c1-9-17-13(21-19-9)10-4-3-5-11(6-10)18-14(23)15-7-12-20-16-8-22(12)2/h3-6,8H,7H2,1-2H3,(H2,15,18,23)(H,17,19,21). The van der Waals surface area contributed by atoms with Crippen LogP contribution in [0.2, 0.25) is 0 Å². The van der Waals surface area contributed by atoms with E-state index in [9.17, 15) is 4.79 Å². The third-order valence-corrected chi connectivity index (χ3v) is 3.19. The molecule has 0 fully saturated rings. The van der Waals surface area contributed by atoms with Crippen LogP contribution in [0.15, 0.2) is 30.6 Å². The highest BCUT2D eigenvalue weighted by Crippen LogP contribution is 2.19. The van der Waals surface area contributed by atoms with Crippen LogP contribution < -0.4 is 10.6 Å². The fraction of sp³-hybridized carbons (Fsp3) is 0.214. The number of nitrogens with one attached hydrogen (secondary N) is 3. The zero-order valence-corrected chi connectivity index (χ0v) is 12.7. The zero-order chi connectivity index (χ0) is 16.2. The number of H-pyrrole nitrogens is 1. The van der Waals surface area contributed by atoms with Crippen LogP contribution in [0.3, 0.4) is 0 Å². The topological polar surface area (TPSA) is 113 Å². The van der Waals surface area contributed by atoms with Gasteiger partial charge in [-0.15, -0.1) is 10.2 Å². The third kappa shape index (κ3) is 3.51. The number of urea groups is 1. The molecule has 0 aliphatic rings. The largest absolute Gasteiger partial charge is 0.331 e. The first kappa shape index (κ1) is 14.7. The molecule has 3 N–H and O–H groups in total. The van der Waals surface area contributed by atoms with E-state index in [1.165, 1.54) is 0 Å². The van der Waals surface area contributed by atoms with Gasteiger partial charge in [0, 0.05) is 18.3 Å². The monoisotopic (exact) mass is 312 g/mol. The number of carbonyl (C=O) groups is 1. The predicted octanol–water partition coefficient (Wildman–Crippen LogP) is 1.23. The second-order valence-electron chi connectivity index (χ2n) is 4.99. The van der Waals surface area contributed by atoms with Crippen LogP contribution in [0.1, 0.15) is 11.6 Å². The summed E-state index contributed by atoms with van der Waals surface area (Å²) in [5, 5.41) is 20.0. The number of rotatable bonds is 4. The van der Waals surface area contributed by atoms with E-state index in [2.05, 4.69) is 36.0 Å². The van der Waals surface area contributed by atoms with Gasteiger partial charge in [0.2, 0.25) is 0 Å². The van der Waals surface area contributed by atoms with E-state index < -0.39 is 0 Å². The number of nitrogens with zero attached hydrogens (tertiary/aromatic N) is 5. The lowest BCUT2D eigenvalue weighted by molar-refractivity contribution is 0.251. The Labute approximate surface area is 132 Å². The molecule has 0 saturated carbocycles. The Kier molecular flexibility index (Phi) is 4.00. The molecule has 9 heteroatoms. The van der Waals surface area contributed by atoms with E-state index in [0.717, 1.165) is 11.4 Å². The van der Waals surface area contributed by atoms with E-state index in [0.29, 0.717) is 23.9 Å². The second-order valence-corrected chi connectivity index (χ2v) is 4.99. The molecule has 3 aromatic rings. The highest BCUT2D eigenvalue weighted by Gasteiger charge is 2.07. The summed E-state index contributed by atoms with van der Waals surface area (Å²) < 4.78 is 1.74.